The van der Waals surface area contributed by atoms with Crippen LogP contribution in [0.15, 0.2) is 107 Å². The smallest absolute Gasteiger partial charge is 0.251 e. The molecule has 0 atom stereocenters. The van der Waals surface area contributed by atoms with E-state index < -0.39 is 10.0 Å². The normalized spacial score (nSPS) is 11.2. The molecule has 0 aliphatic carbocycles. The van der Waals surface area contributed by atoms with Crippen molar-refractivity contribution in [3.63, 3.8) is 0 Å². The maximum absolute atomic E-state index is 12.5. The zero-order chi connectivity index (χ0) is 23.8. The lowest BCUT2D eigenvalue weighted by molar-refractivity contribution is 0.0951. The van der Waals surface area contributed by atoms with E-state index in [1.165, 1.54) is 30.5 Å². The van der Waals surface area contributed by atoms with Gasteiger partial charge in [0.15, 0.2) is 0 Å². The number of sulfonamides is 1. The van der Waals surface area contributed by atoms with Gasteiger partial charge in [-0.25, -0.2) is 13.1 Å². The Bertz CT molecular complexity index is 1300. The zero-order valence-electron chi connectivity index (χ0n) is 18.3. The van der Waals surface area contributed by atoms with E-state index in [4.69, 9.17) is 9.15 Å². The van der Waals surface area contributed by atoms with Crippen molar-refractivity contribution in [3.05, 3.63) is 120 Å². The number of ether oxygens (including phenoxy) is 1. The average molecular weight is 477 g/mol. The van der Waals surface area contributed by atoms with Crippen LogP contribution in [-0.4, -0.2) is 14.3 Å². The molecule has 0 radical (unpaired) electrons. The Morgan fingerprint density at radius 3 is 2.18 bits per heavy atom. The lowest BCUT2D eigenvalue weighted by atomic mass is 10.1. The predicted molar refractivity (Wildman–Crippen MR) is 128 cm³/mol. The molecule has 34 heavy (non-hydrogen) atoms. The van der Waals surface area contributed by atoms with Crippen LogP contribution in [0.5, 0.6) is 5.75 Å². The highest BCUT2D eigenvalue weighted by molar-refractivity contribution is 7.89. The van der Waals surface area contributed by atoms with E-state index in [0.717, 1.165) is 16.9 Å². The molecular formula is C26H24N2O5S. The minimum absolute atomic E-state index is 0.0503. The molecule has 0 saturated carbocycles. The Balaban J connectivity index is 1.27. The number of nitrogens with one attached hydrogen (secondary N) is 2. The van der Waals surface area contributed by atoms with E-state index in [9.17, 15) is 13.2 Å². The summed E-state index contributed by atoms with van der Waals surface area (Å²) in [5.74, 6) is 1.03. The fourth-order valence-electron chi connectivity index (χ4n) is 3.17. The van der Waals surface area contributed by atoms with Crippen molar-refractivity contribution < 1.29 is 22.4 Å². The highest BCUT2D eigenvalue weighted by Gasteiger charge is 2.15. The number of furan rings is 1. The van der Waals surface area contributed by atoms with Gasteiger partial charge in [-0.15, -0.1) is 0 Å². The number of amides is 1. The fourth-order valence-corrected chi connectivity index (χ4v) is 4.16. The van der Waals surface area contributed by atoms with Crippen molar-refractivity contribution in [1.82, 2.24) is 10.0 Å². The van der Waals surface area contributed by atoms with Gasteiger partial charge in [0.05, 0.1) is 17.7 Å². The second-order valence-corrected chi connectivity index (χ2v) is 9.30. The molecule has 7 nitrogen and oxygen atoms in total. The Morgan fingerprint density at radius 1 is 0.794 bits per heavy atom. The van der Waals surface area contributed by atoms with Gasteiger partial charge in [-0.05, 0) is 59.7 Å². The molecule has 0 spiro atoms. The van der Waals surface area contributed by atoms with E-state index >= 15 is 0 Å². The van der Waals surface area contributed by atoms with Gasteiger partial charge in [0.1, 0.15) is 18.1 Å². The van der Waals surface area contributed by atoms with E-state index in [2.05, 4.69) is 10.0 Å². The van der Waals surface area contributed by atoms with Crippen molar-refractivity contribution in [2.45, 2.75) is 24.6 Å². The van der Waals surface area contributed by atoms with Crippen LogP contribution in [0.3, 0.4) is 0 Å². The topological polar surface area (TPSA) is 97.6 Å². The number of hydrogen-bond donors (Lipinski definition) is 2. The van der Waals surface area contributed by atoms with Crippen molar-refractivity contribution in [1.29, 1.82) is 0 Å². The molecule has 0 aliphatic rings. The standard InChI is InChI=1S/C26H24N2O5S/c29-26(22-12-14-25(15-13-22)34(30,31)28-18-24-7-4-16-32-24)27-17-20-8-10-21(11-9-20)19-33-23-5-2-1-3-6-23/h1-16,28H,17-19H2,(H,27,29). The van der Waals surface area contributed by atoms with Crippen LogP contribution >= 0.6 is 0 Å². The minimum atomic E-state index is -3.71. The number of carbonyl (C=O) groups is 1. The Kier molecular flexibility index (Phi) is 7.41. The first kappa shape index (κ1) is 23.3. The second-order valence-electron chi connectivity index (χ2n) is 7.53. The summed E-state index contributed by atoms with van der Waals surface area (Å²) in [5.41, 5.74) is 2.34. The summed E-state index contributed by atoms with van der Waals surface area (Å²) in [6.07, 6.45) is 1.48. The lowest BCUT2D eigenvalue weighted by Crippen LogP contribution is -2.24. The quantitative estimate of drug-likeness (QED) is 0.356. The molecule has 1 aromatic heterocycles. The van der Waals surface area contributed by atoms with E-state index in [0.29, 0.717) is 24.5 Å². The minimum Gasteiger partial charge on any atom is -0.489 e. The van der Waals surface area contributed by atoms with Crippen molar-refractivity contribution >= 4 is 15.9 Å². The zero-order valence-corrected chi connectivity index (χ0v) is 19.1. The Morgan fingerprint density at radius 2 is 1.50 bits per heavy atom. The van der Waals surface area contributed by atoms with Gasteiger partial charge in [0.2, 0.25) is 10.0 Å². The third-order valence-corrected chi connectivity index (χ3v) is 6.49. The summed E-state index contributed by atoms with van der Waals surface area (Å²) in [6.45, 7) is 0.862. The number of rotatable bonds is 10. The number of para-hydroxylation sites is 1. The van der Waals surface area contributed by atoms with Crippen LogP contribution in [0, 0.1) is 0 Å². The van der Waals surface area contributed by atoms with Crippen molar-refractivity contribution in [3.8, 4) is 5.75 Å². The number of benzene rings is 3. The van der Waals surface area contributed by atoms with Crippen LogP contribution in [0.2, 0.25) is 0 Å². The van der Waals surface area contributed by atoms with Gasteiger partial charge >= 0.3 is 0 Å². The largest absolute Gasteiger partial charge is 0.489 e. The number of carbonyl (C=O) groups excluding carboxylic acids is 1. The third-order valence-electron chi connectivity index (χ3n) is 5.07. The van der Waals surface area contributed by atoms with Gasteiger partial charge in [-0.2, -0.15) is 0 Å². The van der Waals surface area contributed by atoms with E-state index in [1.807, 2.05) is 54.6 Å². The molecule has 0 aliphatic heterocycles. The van der Waals surface area contributed by atoms with Crippen LogP contribution in [0.1, 0.15) is 27.2 Å². The van der Waals surface area contributed by atoms with E-state index in [-0.39, 0.29) is 17.3 Å². The first-order valence-electron chi connectivity index (χ1n) is 10.7. The first-order chi connectivity index (χ1) is 16.5. The van der Waals surface area contributed by atoms with Gasteiger partial charge < -0.3 is 14.5 Å². The molecule has 2 N–H and O–H groups in total. The molecule has 174 valence electrons. The molecule has 3 aromatic carbocycles. The van der Waals surface area contributed by atoms with Crippen LogP contribution in [0.4, 0.5) is 0 Å². The summed E-state index contributed by atoms with van der Waals surface area (Å²) < 4.78 is 38.2. The van der Waals surface area contributed by atoms with Crippen LogP contribution in [-0.2, 0) is 29.7 Å². The number of hydrogen-bond acceptors (Lipinski definition) is 5. The molecule has 0 unspecified atom stereocenters. The molecular weight excluding hydrogens is 452 g/mol. The maximum Gasteiger partial charge on any atom is 0.251 e. The summed E-state index contributed by atoms with van der Waals surface area (Å²) in [4.78, 5) is 12.6. The monoisotopic (exact) mass is 476 g/mol. The van der Waals surface area contributed by atoms with Gasteiger partial charge in [0.25, 0.3) is 5.91 Å². The Labute approximate surface area is 198 Å². The fraction of sp³-hybridized carbons (Fsp3) is 0.115. The third kappa shape index (κ3) is 6.34. The molecule has 4 rings (SSSR count). The molecule has 8 heteroatoms. The average Bonchev–Trinajstić information content (AvgIpc) is 3.40. The van der Waals surface area contributed by atoms with Crippen molar-refractivity contribution in [2.24, 2.45) is 0 Å². The molecule has 0 fully saturated rings. The van der Waals surface area contributed by atoms with Gasteiger partial charge in [-0.3, -0.25) is 4.79 Å². The molecule has 4 aromatic rings. The maximum atomic E-state index is 12.5. The predicted octanol–water partition coefficient (Wildman–Crippen LogP) is 4.27. The first-order valence-corrected chi connectivity index (χ1v) is 12.1. The second kappa shape index (κ2) is 10.8. The van der Waals surface area contributed by atoms with Gasteiger partial charge in [-0.1, -0.05) is 42.5 Å². The SMILES string of the molecule is O=C(NCc1ccc(COc2ccccc2)cc1)c1ccc(S(=O)(=O)NCc2ccco2)cc1. The summed E-state index contributed by atoms with van der Waals surface area (Å²) in [7, 11) is -3.71. The van der Waals surface area contributed by atoms with Crippen LogP contribution < -0.4 is 14.8 Å². The highest BCUT2D eigenvalue weighted by atomic mass is 32.2. The Hall–Kier alpha value is -3.88. The molecule has 1 amide bonds. The molecule has 0 saturated heterocycles. The molecule has 1 heterocycles. The lowest BCUT2D eigenvalue weighted by Gasteiger charge is -2.09. The highest BCUT2D eigenvalue weighted by Crippen LogP contribution is 2.14. The molecule has 0 bridgehead atoms. The van der Waals surface area contributed by atoms with Crippen molar-refractivity contribution in [2.75, 3.05) is 0 Å². The summed E-state index contributed by atoms with van der Waals surface area (Å²) in [6, 6.07) is 26.5. The van der Waals surface area contributed by atoms with Gasteiger partial charge in [0, 0.05) is 12.1 Å². The van der Waals surface area contributed by atoms with E-state index in [1.54, 1.807) is 12.1 Å². The summed E-state index contributed by atoms with van der Waals surface area (Å²) in [5, 5.41) is 2.85. The summed E-state index contributed by atoms with van der Waals surface area (Å²) >= 11 is 0. The van der Waals surface area contributed by atoms with Crippen LogP contribution in [0.25, 0.3) is 0 Å².